The third kappa shape index (κ3) is 4.29. The van der Waals surface area contributed by atoms with Crippen LogP contribution in [0.4, 0.5) is 5.69 Å². The largest absolute Gasteiger partial charge is 0.486 e. The molecule has 24 heavy (non-hydrogen) atoms. The fourth-order valence-electron chi connectivity index (χ4n) is 3.22. The van der Waals surface area contributed by atoms with E-state index in [4.69, 9.17) is 4.74 Å². The van der Waals surface area contributed by atoms with Gasteiger partial charge in [0.15, 0.2) is 0 Å². The molecule has 1 aromatic rings. The number of benzene rings is 1. The second kappa shape index (κ2) is 7.71. The van der Waals surface area contributed by atoms with Crippen LogP contribution in [0, 0.1) is 0 Å². The minimum Gasteiger partial charge on any atom is -0.486 e. The van der Waals surface area contributed by atoms with Crippen molar-refractivity contribution >= 4 is 17.7 Å². The Morgan fingerprint density at radius 2 is 2.21 bits per heavy atom. The van der Waals surface area contributed by atoms with Crippen molar-refractivity contribution in [3.05, 3.63) is 29.3 Å². The highest BCUT2D eigenvalue weighted by Crippen LogP contribution is 2.33. The summed E-state index contributed by atoms with van der Waals surface area (Å²) in [5, 5.41) is 13.0. The van der Waals surface area contributed by atoms with E-state index in [0.717, 1.165) is 42.7 Å². The maximum absolute atomic E-state index is 11.2. The maximum atomic E-state index is 11.2. The van der Waals surface area contributed by atoms with E-state index in [9.17, 15) is 9.90 Å². The molecular weight excluding hydrogens is 306 g/mol. The number of ether oxygens (including phenoxy) is 2. The average molecular weight is 331 g/mol. The summed E-state index contributed by atoms with van der Waals surface area (Å²) in [6.45, 7) is 0.691. The SMILES string of the molecule is COC(=O)CC[C@H]1CNc2cc(C=C3CCC(O)CC3)ccc2O1. The van der Waals surface area contributed by atoms with Gasteiger partial charge in [-0.15, -0.1) is 0 Å². The van der Waals surface area contributed by atoms with Gasteiger partial charge in [-0.25, -0.2) is 0 Å². The summed E-state index contributed by atoms with van der Waals surface area (Å²) in [5.74, 6) is 0.626. The Bertz CT molecular complexity index is 616. The van der Waals surface area contributed by atoms with Crippen molar-refractivity contribution in [2.45, 2.75) is 50.7 Å². The lowest BCUT2D eigenvalue weighted by molar-refractivity contribution is -0.141. The van der Waals surface area contributed by atoms with Crippen molar-refractivity contribution in [2.24, 2.45) is 0 Å². The van der Waals surface area contributed by atoms with Crippen LogP contribution in [0.25, 0.3) is 6.08 Å². The van der Waals surface area contributed by atoms with E-state index < -0.39 is 0 Å². The Kier molecular flexibility index (Phi) is 5.41. The summed E-state index contributed by atoms with van der Waals surface area (Å²) in [6.07, 6.45) is 6.75. The van der Waals surface area contributed by atoms with Gasteiger partial charge in [0.2, 0.25) is 0 Å². The number of nitrogens with one attached hydrogen (secondary N) is 1. The lowest BCUT2D eigenvalue weighted by Gasteiger charge is -2.27. The van der Waals surface area contributed by atoms with Gasteiger partial charge in [0.25, 0.3) is 0 Å². The number of anilines is 1. The predicted molar refractivity (Wildman–Crippen MR) is 93.0 cm³/mol. The molecule has 1 heterocycles. The molecular formula is C19H25NO4. The first kappa shape index (κ1) is 16.8. The molecule has 1 atom stereocenters. The predicted octanol–water partition coefficient (Wildman–Crippen LogP) is 3.13. The van der Waals surface area contributed by atoms with E-state index in [1.165, 1.54) is 12.7 Å². The van der Waals surface area contributed by atoms with Crippen molar-refractivity contribution in [2.75, 3.05) is 19.0 Å². The number of allylic oxidation sites excluding steroid dienone is 1. The van der Waals surface area contributed by atoms with Gasteiger partial charge in [0, 0.05) is 6.42 Å². The number of esters is 1. The van der Waals surface area contributed by atoms with Crippen molar-refractivity contribution < 1.29 is 19.4 Å². The van der Waals surface area contributed by atoms with Crippen molar-refractivity contribution in [1.29, 1.82) is 0 Å². The Labute approximate surface area is 142 Å². The zero-order valence-electron chi connectivity index (χ0n) is 14.1. The number of aliphatic hydroxyl groups excluding tert-OH is 1. The van der Waals surface area contributed by atoms with Crippen molar-refractivity contribution in [3.8, 4) is 5.75 Å². The first-order chi connectivity index (χ1) is 11.6. The van der Waals surface area contributed by atoms with Crippen LogP contribution in [0.2, 0.25) is 0 Å². The molecule has 0 unspecified atom stereocenters. The fraction of sp³-hybridized carbons (Fsp3) is 0.526. The minimum atomic E-state index is -0.205. The number of fused-ring (bicyclic) bond motifs is 1. The molecule has 2 aliphatic rings. The Morgan fingerprint density at radius 1 is 1.42 bits per heavy atom. The molecule has 0 radical (unpaired) electrons. The van der Waals surface area contributed by atoms with Gasteiger partial charge in [0.1, 0.15) is 11.9 Å². The number of carbonyl (C=O) groups excluding carboxylic acids is 1. The highest BCUT2D eigenvalue weighted by molar-refractivity contribution is 5.69. The first-order valence-corrected chi connectivity index (χ1v) is 8.63. The van der Waals surface area contributed by atoms with E-state index in [1.54, 1.807) is 0 Å². The smallest absolute Gasteiger partial charge is 0.305 e. The fourth-order valence-corrected chi connectivity index (χ4v) is 3.22. The quantitative estimate of drug-likeness (QED) is 0.830. The van der Waals surface area contributed by atoms with Gasteiger partial charge < -0.3 is 19.9 Å². The number of hydrogen-bond acceptors (Lipinski definition) is 5. The van der Waals surface area contributed by atoms with Gasteiger partial charge in [0.05, 0.1) is 25.4 Å². The Balaban J connectivity index is 1.61. The monoisotopic (exact) mass is 331 g/mol. The number of carbonyl (C=O) groups is 1. The van der Waals surface area contributed by atoms with Crippen LogP contribution in [0.1, 0.15) is 44.1 Å². The zero-order valence-corrected chi connectivity index (χ0v) is 14.1. The Hall–Kier alpha value is -2.01. The molecule has 1 aromatic carbocycles. The highest BCUT2D eigenvalue weighted by Gasteiger charge is 2.20. The summed E-state index contributed by atoms with van der Waals surface area (Å²) in [4.78, 5) is 11.2. The second-order valence-electron chi connectivity index (χ2n) is 6.52. The molecule has 1 aliphatic carbocycles. The summed E-state index contributed by atoms with van der Waals surface area (Å²) >= 11 is 0. The molecule has 2 N–H and O–H groups in total. The van der Waals surface area contributed by atoms with Crippen molar-refractivity contribution in [1.82, 2.24) is 0 Å². The van der Waals surface area contributed by atoms with Crippen LogP contribution in [0.5, 0.6) is 5.75 Å². The van der Waals surface area contributed by atoms with Gasteiger partial charge in [-0.1, -0.05) is 17.7 Å². The molecule has 5 nitrogen and oxygen atoms in total. The molecule has 0 amide bonds. The first-order valence-electron chi connectivity index (χ1n) is 8.63. The molecule has 1 saturated carbocycles. The van der Waals surface area contributed by atoms with Crippen LogP contribution >= 0.6 is 0 Å². The number of aliphatic hydroxyl groups is 1. The molecule has 130 valence electrons. The summed E-state index contributed by atoms with van der Waals surface area (Å²) in [5.41, 5.74) is 3.55. The molecule has 0 spiro atoms. The molecule has 0 saturated heterocycles. The lowest BCUT2D eigenvalue weighted by Crippen LogP contribution is -2.31. The molecule has 5 heteroatoms. The molecule has 3 rings (SSSR count). The third-order valence-corrected chi connectivity index (χ3v) is 4.68. The Morgan fingerprint density at radius 3 is 2.96 bits per heavy atom. The molecule has 0 bridgehead atoms. The van der Waals surface area contributed by atoms with Crippen LogP contribution in [-0.4, -0.2) is 36.9 Å². The van der Waals surface area contributed by atoms with Gasteiger partial charge in [-0.3, -0.25) is 4.79 Å². The standard InChI is InChI=1S/C19H25NO4/c1-23-19(22)9-7-16-12-20-17-11-14(4-8-18(17)24-16)10-13-2-5-15(21)6-3-13/h4,8,10-11,15-16,20-21H,2-3,5-7,9,12H2,1H3/t15?,16-/m0/s1. The normalized spacial score (nSPS) is 22.8. The van der Waals surface area contributed by atoms with E-state index in [0.29, 0.717) is 19.4 Å². The zero-order chi connectivity index (χ0) is 16.9. The summed E-state index contributed by atoms with van der Waals surface area (Å²) < 4.78 is 10.6. The lowest BCUT2D eigenvalue weighted by atomic mass is 9.91. The highest BCUT2D eigenvalue weighted by atomic mass is 16.5. The van der Waals surface area contributed by atoms with Crippen LogP contribution in [0.15, 0.2) is 23.8 Å². The number of methoxy groups -OCH3 is 1. The number of rotatable bonds is 4. The summed E-state index contributed by atoms with van der Waals surface area (Å²) in [6, 6.07) is 6.14. The van der Waals surface area contributed by atoms with E-state index >= 15 is 0 Å². The molecule has 1 fully saturated rings. The molecule has 1 aliphatic heterocycles. The van der Waals surface area contributed by atoms with E-state index in [1.807, 2.05) is 6.07 Å². The minimum absolute atomic E-state index is 0.0133. The van der Waals surface area contributed by atoms with Crippen molar-refractivity contribution in [3.63, 3.8) is 0 Å². The van der Waals surface area contributed by atoms with E-state index in [-0.39, 0.29) is 18.2 Å². The number of hydrogen-bond donors (Lipinski definition) is 2. The van der Waals surface area contributed by atoms with E-state index in [2.05, 4.69) is 28.3 Å². The molecule has 0 aromatic heterocycles. The third-order valence-electron chi connectivity index (χ3n) is 4.68. The van der Waals surface area contributed by atoms with Crippen LogP contribution in [0.3, 0.4) is 0 Å². The summed E-state index contributed by atoms with van der Waals surface area (Å²) in [7, 11) is 1.40. The maximum Gasteiger partial charge on any atom is 0.305 e. The van der Waals surface area contributed by atoms with Gasteiger partial charge >= 0.3 is 5.97 Å². The van der Waals surface area contributed by atoms with Crippen LogP contribution in [-0.2, 0) is 9.53 Å². The average Bonchev–Trinajstić information content (AvgIpc) is 2.61. The topological polar surface area (TPSA) is 67.8 Å². The van der Waals surface area contributed by atoms with Gasteiger partial charge in [-0.2, -0.15) is 0 Å². The second-order valence-corrected chi connectivity index (χ2v) is 6.52. The van der Waals surface area contributed by atoms with Crippen LogP contribution < -0.4 is 10.1 Å². The van der Waals surface area contributed by atoms with Gasteiger partial charge in [-0.05, 0) is 49.8 Å².